The molecule has 2 fully saturated rings. The topological polar surface area (TPSA) is 78.7 Å². The third kappa shape index (κ3) is 3.95. The van der Waals surface area contributed by atoms with Gasteiger partial charge in [0.05, 0.1) is 0 Å². The van der Waals surface area contributed by atoms with E-state index in [0.29, 0.717) is 31.3 Å². The maximum absolute atomic E-state index is 12.1. The molecule has 2 atom stereocenters. The van der Waals surface area contributed by atoms with Gasteiger partial charge in [0.2, 0.25) is 11.8 Å². The number of likely N-dealkylation sites (tertiary alicyclic amines) is 2. The van der Waals surface area contributed by atoms with Gasteiger partial charge < -0.3 is 20.9 Å². The normalized spacial score (nSPS) is 25.9. The summed E-state index contributed by atoms with van der Waals surface area (Å²) in [6.07, 6.45) is 3.76. The Morgan fingerprint density at radius 2 is 2.24 bits per heavy atom. The van der Waals surface area contributed by atoms with E-state index in [-0.39, 0.29) is 11.8 Å². The van der Waals surface area contributed by atoms with Gasteiger partial charge in [0.1, 0.15) is 0 Å². The number of piperidine rings is 2. The molecule has 2 heterocycles. The number of nitrogens with two attached hydrogens (primary N) is 1. The summed E-state index contributed by atoms with van der Waals surface area (Å²) < 4.78 is 0. The van der Waals surface area contributed by atoms with Gasteiger partial charge in [-0.1, -0.05) is 0 Å². The number of hydrogen-bond acceptors (Lipinski definition) is 4. The van der Waals surface area contributed by atoms with Gasteiger partial charge in [-0.05, 0) is 38.8 Å². The first-order valence-corrected chi connectivity index (χ1v) is 8.09. The highest BCUT2D eigenvalue weighted by atomic mass is 16.2. The number of nitrogens with zero attached hydrogens (tertiary/aromatic N) is 2. The Morgan fingerprint density at radius 3 is 2.95 bits per heavy atom. The molecule has 2 saturated heterocycles. The van der Waals surface area contributed by atoms with Crippen molar-refractivity contribution in [2.75, 3.05) is 39.8 Å². The molecule has 0 unspecified atom stereocenters. The van der Waals surface area contributed by atoms with E-state index in [1.54, 1.807) is 0 Å². The number of carbonyl (C=O) groups is 2. The van der Waals surface area contributed by atoms with Gasteiger partial charge in [0, 0.05) is 45.1 Å². The van der Waals surface area contributed by atoms with Crippen molar-refractivity contribution in [3.8, 4) is 0 Å². The average molecular weight is 296 g/mol. The van der Waals surface area contributed by atoms with Crippen molar-refractivity contribution < 1.29 is 9.59 Å². The van der Waals surface area contributed by atoms with Gasteiger partial charge in [0.15, 0.2) is 0 Å². The summed E-state index contributed by atoms with van der Waals surface area (Å²) in [6, 6.07) is 0.318. The third-order valence-electron chi connectivity index (χ3n) is 4.69. The van der Waals surface area contributed by atoms with Crippen LogP contribution in [0, 0.1) is 5.92 Å². The number of nitrogens with one attached hydrogen (secondary N) is 1. The largest absolute Gasteiger partial charge is 0.342 e. The summed E-state index contributed by atoms with van der Waals surface area (Å²) in [5.41, 5.74) is 5.47. The molecule has 0 spiro atoms. The lowest BCUT2D eigenvalue weighted by molar-refractivity contribution is -0.144. The standard InChI is InChI=1S/C15H28N4O2/c1-17-8-10-19-13-6-9-18(14(20)3-2-7-16)11-12(13)4-5-15(19)21/h12-13,17H,2-11,16H2,1H3/t12-,13+/m0/s1. The van der Waals surface area contributed by atoms with Crippen LogP contribution in [0.1, 0.15) is 32.1 Å². The lowest BCUT2D eigenvalue weighted by Crippen LogP contribution is -2.57. The first-order chi connectivity index (χ1) is 10.2. The molecule has 3 N–H and O–H groups in total. The monoisotopic (exact) mass is 296 g/mol. The van der Waals surface area contributed by atoms with Gasteiger partial charge >= 0.3 is 0 Å². The molecule has 0 radical (unpaired) electrons. The number of fused-ring (bicyclic) bond motifs is 1. The molecule has 2 amide bonds. The van der Waals surface area contributed by atoms with Crippen LogP contribution in [-0.4, -0.2) is 67.4 Å². The van der Waals surface area contributed by atoms with E-state index in [1.165, 1.54) is 0 Å². The Labute approximate surface area is 127 Å². The van der Waals surface area contributed by atoms with E-state index in [1.807, 2.05) is 16.8 Å². The van der Waals surface area contributed by atoms with Crippen LogP contribution in [0.15, 0.2) is 0 Å². The summed E-state index contributed by atoms with van der Waals surface area (Å²) >= 11 is 0. The summed E-state index contributed by atoms with van der Waals surface area (Å²) in [4.78, 5) is 28.3. The third-order valence-corrected chi connectivity index (χ3v) is 4.69. The van der Waals surface area contributed by atoms with E-state index in [0.717, 1.165) is 45.4 Å². The van der Waals surface area contributed by atoms with E-state index >= 15 is 0 Å². The van der Waals surface area contributed by atoms with Crippen molar-refractivity contribution in [1.29, 1.82) is 0 Å². The van der Waals surface area contributed by atoms with Crippen molar-refractivity contribution in [2.45, 2.75) is 38.1 Å². The number of carbonyl (C=O) groups excluding carboxylic acids is 2. The van der Waals surface area contributed by atoms with Gasteiger partial charge in [-0.2, -0.15) is 0 Å². The maximum atomic E-state index is 12.1. The van der Waals surface area contributed by atoms with Gasteiger partial charge in [0.25, 0.3) is 0 Å². The fraction of sp³-hybridized carbons (Fsp3) is 0.867. The van der Waals surface area contributed by atoms with E-state index in [4.69, 9.17) is 5.73 Å². The molecule has 2 rings (SSSR count). The fourth-order valence-electron chi connectivity index (χ4n) is 3.51. The van der Waals surface area contributed by atoms with Gasteiger partial charge in [-0.15, -0.1) is 0 Å². The van der Waals surface area contributed by atoms with Crippen molar-refractivity contribution in [1.82, 2.24) is 15.1 Å². The van der Waals surface area contributed by atoms with E-state index < -0.39 is 0 Å². The quantitative estimate of drug-likeness (QED) is 0.710. The highest BCUT2D eigenvalue weighted by Crippen LogP contribution is 2.31. The molecule has 0 aromatic rings. The molecule has 0 aliphatic carbocycles. The minimum atomic E-state index is 0.220. The summed E-state index contributed by atoms with van der Waals surface area (Å²) in [7, 11) is 1.91. The molecule has 0 aromatic carbocycles. The lowest BCUT2D eigenvalue weighted by atomic mass is 9.83. The molecule has 21 heavy (non-hydrogen) atoms. The highest BCUT2D eigenvalue weighted by Gasteiger charge is 2.39. The Bertz CT molecular complexity index is 375. The minimum Gasteiger partial charge on any atom is -0.342 e. The molecule has 6 nitrogen and oxygen atoms in total. The van der Waals surface area contributed by atoms with Crippen LogP contribution in [0.5, 0.6) is 0 Å². The molecule has 0 bridgehead atoms. The Balaban J connectivity index is 1.92. The SMILES string of the molecule is CNCCN1C(=O)CC[C@H]2CN(C(=O)CCCN)CC[C@H]21. The second-order valence-corrected chi connectivity index (χ2v) is 6.08. The number of hydrogen-bond donors (Lipinski definition) is 2. The zero-order valence-electron chi connectivity index (χ0n) is 13.0. The van der Waals surface area contributed by atoms with Crippen LogP contribution < -0.4 is 11.1 Å². The zero-order chi connectivity index (χ0) is 15.2. The van der Waals surface area contributed by atoms with Gasteiger partial charge in [-0.25, -0.2) is 0 Å². The minimum absolute atomic E-state index is 0.220. The molecule has 2 aliphatic heterocycles. The fourth-order valence-corrected chi connectivity index (χ4v) is 3.51. The number of likely N-dealkylation sites (N-methyl/N-ethyl adjacent to an activating group) is 1. The highest BCUT2D eigenvalue weighted by molar-refractivity contribution is 5.78. The number of rotatable bonds is 6. The Hall–Kier alpha value is -1.14. The summed E-state index contributed by atoms with van der Waals surface area (Å²) in [6.45, 7) is 3.75. The lowest BCUT2D eigenvalue weighted by Gasteiger charge is -2.47. The van der Waals surface area contributed by atoms with Gasteiger partial charge in [-0.3, -0.25) is 9.59 Å². The molecular formula is C15H28N4O2. The summed E-state index contributed by atoms with van der Waals surface area (Å²) in [5, 5.41) is 3.11. The van der Waals surface area contributed by atoms with Crippen LogP contribution in [0.2, 0.25) is 0 Å². The zero-order valence-corrected chi connectivity index (χ0v) is 13.0. The molecule has 6 heteroatoms. The predicted octanol–water partition coefficient (Wildman–Crippen LogP) is -0.216. The molecule has 120 valence electrons. The summed E-state index contributed by atoms with van der Waals surface area (Å²) in [5.74, 6) is 0.933. The molecule has 0 aromatic heterocycles. The predicted molar refractivity (Wildman–Crippen MR) is 81.6 cm³/mol. The first kappa shape index (κ1) is 16.2. The van der Waals surface area contributed by atoms with Crippen molar-refractivity contribution >= 4 is 11.8 Å². The van der Waals surface area contributed by atoms with Crippen LogP contribution in [0.4, 0.5) is 0 Å². The van der Waals surface area contributed by atoms with Crippen LogP contribution >= 0.6 is 0 Å². The number of amides is 2. The molecule has 2 aliphatic rings. The van der Waals surface area contributed by atoms with Crippen LogP contribution in [0.3, 0.4) is 0 Å². The first-order valence-electron chi connectivity index (χ1n) is 8.09. The maximum Gasteiger partial charge on any atom is 0.222 e. The smallest absolute Gasteiger partial charge is 0.222 e. The molecule has 0 saturated carbocycles. The van der Waals surface area contributed by atoms with E-state index in [2.05, 4.69) is 5.32 Å². The van der Waals surface area contributed by atoms with E-state index in [9.17, 15) is 9.59 Å². The second kappa shape index (κ2) is 7.75. The van der Waals surface area contributed by atoms with Crippen molar-refractivity contribution in [3.05, 3.63) is 0 Å². The Morgan fingerprint density at radius 1 is 1.43 bits per heavy atom. The van der Waals surface area contributed by atoms with Crippen LogP contribution in [-0.2, 0) is 9.59 Å². The van der Waals surface area contributed by atoms with Crippen LogP contribution in [0.25, 0.3) is 0 Å². The van der Waals surface area contributed by atoms with Crippen molar-refractivity contribution in [2.24, 2.45) is 11.7 Å². The van der Waals surface area contributed by atoms with Crippen molar-refractivity contribution in [3.63, 3.8) is 0 Å². The second-order valence-electron chi connectivity index (χ2n) is 6.08. The average Bonchev–Trinajstić information content (AvgIpc) is 2.51. The molecular weight excluding hydrogens is 268 g/mol. The Kier molecular flexibility index (Phi) is 5.99.